The van der Waals surface area contributed by atoms with Gasteiger partial charge in [0.15, 0.2) is 0 Å². The van der Waals surface area contributed by atoms with Gasteiger partial charge in [-0.3, -0.25) is 5.14 Å². The summed E-state index contributed by atoms with van der Waals surface area (Å²) in [7, 11) is 0. The second kappa shape index (κ2) is 4.70. The van der Waals surface area contributed by atoms with Crippen molar-refractivity contribution in [2.45, 2.75) is 26.7 Å². The minimum atomic E-state index is 0.921. The van der Waals surface area contributed by atoms with E-state index < -0.39 is 0 Å². The number of rotatable bonds is 3. The summed E-state index contributed by atoms with van der Waals surface area (Å²) in [6, 6.07) is 0. The van der Waals surface area contributed by atoms with E-state index in [1.807, 2.05) is 6.92 Å². The van der Waals surface area contributed by atoms with Gasteiger partial charge >= 0.3 is 0 Å². The highest BCUT2D eigenvalue weighted by Gasteiger charge is 1.93. The molecule has 0 aliphatic carbocycles. The summed E-state index contributed by atoms with van der Waals surface area (Å²) in [6.45, 7) is 4.04. The van der Waals surface area contributed by atoms with Crippen molar-refractivity contribution in [3.8, 4) is 0 Å². The molecule has 4 N–H and O–H groups in total. The third-order valence-electron chi connectivity index (χ3n) is 1.15. The summed E-state index contributed by atoms with van der Waals surface area (Å²) in [5, 5.41) is 5.28. The molecule has 0 rings (SSSR count). The maximum Gasteiger partial charge on any atom is 0.0187 e. The van der Waals surface area contributed by atoms with E-state index in [-0.39, 0.29) is 0 Å². The molecule has 54 valence electrons. The first kappa shape index (κ1) is 8.85. The van der Waals surface area contributed by atoms with Crippen molar-refractivity contribution in [2.24, 2.45) is 10.9 Å². The summed E-state index contributed by atoms with van der Waals surface area (Å²) in [5.74, 6) is 0. The van der Waals surface area contributed by atoms with E-state index in [9.17, 15) is 0 Å². The first-order chi connectivity index (χ1) is 4.22. The maximum absolute atomic E-state index is 5.62. The first-order valence-electron chi connectivity index (χ1n) is 3.04. The van der Waals surface area contributed by atoms with E-state index in [1.165, 1.54) is 11.9 Å². The molecule has 0 radical (unpaired) electrons. The SMILES string of the molecule is CCC/C(N)=C(\C)SN. The lowest BCUT2D eigenvalue weighted by Crippen LogP contribution is -1.99. The Hall–Kier alpha value is -0.150. The molecule has 0 heterocycles. The van der Waals surface area contributed by atoms with Crippen LogP contribution in [0.4, 0.5) is 0 Å². The molecule has 0 saturated heterocycles. The predicted octanol–water partition coefficient (Wildman–Crippen LogP) is 1.58. The van der Waals surface area contributed by atoms with Crippen LogP contribution < -0.4 is 10.9 Å². The fourth-order valence-electron chi connectivity index (χ4n) is 0.521. The second-order valence-corrected chi connectivity index (χ2v) is 2.80. The van der Waals surface area contributed by atoms with Crippen LogP contribution in [0.1, 0.15) is 26.7 Å². The summed E-state index contributed by atoms with van der Waals surface area (Å²) in [4.78, 5) is 1.04. The quantitative estimate of drug-likeness (QED) is 0.594. The van der Waals surface area contributed by atoms with Crippen LogP contribution >= 0.6 is 11.9 Å². The van der Waals surface area contributed by atoms with E-state index in [0.29, 0.717) is 0 Å². The highest BCUT2D eigenvalue weighted by atomic mass is 32.2. The summed E-state index contributed by atoms with van der Waals surface area (Å²) < 4.78 is 0. The van der Waals surface area contributed by atoms with Crippen LogP contribution in [0.15, 0.2) is 10.6 Å². The highest BCUT2D eigenvalue weighted by molar-refractivity contribution is 8.00. The van der Waals surface area contributed by atoms with Crippen molar-refractivity contribution >= 4 is 11.9 Å². The lowest BCUT2D eigenvalue weighted by atomic mass is 10.2. The lowest BCUT2D eigenvalue weighted by Gasteiger charge is -2.01. The number of hydrogen-bond acceptors (Lipinski definition) is 3. The molecule has 0 bridgehead atoms. The van der Waals surface area contributed by atoms with Crippen molar-refractivity contribution in [3.63, 3.8) is 0 Å². The lowest BCUT2D eigenvalue weighted by molar-refractivity contribution is 0.887. The molecule has 0 aliphatic rings. The number of allylic oxidation sites excluding steroid dienone is 2. The van der Waals surface area contributed by atoms with Crippen molar-refractivity contribution in [1.82, 2.24) is 0 Å². The fourth-order valence-corrected chi connectivity index (χ4v) is 0.774. The Morgan fingerprint density at radius 1 is 1.56 bits per heavy atom. The molecule has 0 aromatic heterocycles. The van der Waals surface area contributed by atoms with E-state index >= 15 is 0 Å². The Morgan fingerprint density at radius 3 is 2.44 bits per heavy atom. The van der Waals surface area contributed by atoms with Gasteiger partial charge in [-0.2, -0.15) is 0 Å². The Bertz CT molecular complexity index is 110. The molecule has 0 aliphatic heterocycles. The van der Waals surface area contributed by atoms with Gasteiger partial charge in [-0.25, -0.2) is 0 Å². The van der Waals surface area contributed by atoms with Gasteiger partial charge in [0, 0.05) is 10.6 Å². The zero-order chi connectivity index (χ0) is 7.28. The van der Waals surface area contributed by atoms with Crippen molar-refractivity contribution in [3.05, 3.63) is 10.6 Å². The van der Waals surface area contributed by atoms with Crippen LogP contribution in [0.5, 0.6) is 0 Å². The molecule has 0 atom stereocenters. The maximum atomic E-state index is 5.62. The normalized spacial score (nSPS) is 13.2. The summed E-state index contributed by atoms with van der Waals surface area (Å²) in [6.07, 6.45) is 2.04. The number of hydrogen-bond donors (Lipinski definition) is 2. The zero-order valence-electron chi connectivity index (χ0n) is 5.98. The van der Waals surface area contributed by atoms with Crippen LogP contribution in [0.3, 0.4) is 0 Å². The monoisotopic (exact) mass is 146 g/mol. The van der Waals surface area contributed by atoms with Gasteiger partial charge in [0.25, 0.3) is 0 Å². The molecule has 0 fully saturated rings. The Morgan fingerprint density at radius 2 is 2.11 bits per heavy atom. The zero-order valence-corrected chi connectivity index (χ0v) is 6.79. The van der Waals surface area contributed by atoms with Crippen LogP contribution in [-0.2, 0) is 0 Å². The molecule has 0 spiro atoms. The van der Waals surface area contributed by atoms with Gasteiger partial charge < -0.3 is 5.73 Å². The molecule has 0 amide bonds. The highest BCUT2D eigenvalue weighted by Crippen LogP contribution is 2.12. The van der Waals surface area contributed by atoms with Crippen LogP contribution in [0.2, 0.25) is 0 Å². The van der Waals surface area contributed by atoms with E-state index in [4.69, 9.17) is 10.9 Å². The minimum Gasteiger partial charge on any atom is -0.401 e. The standard InChI is InChI=1S/C6H14N2S/c1-3-4-6(7)5(2)9-8/h3-4,7-8H2,1-2H3/b6-5-. The van der Waals surface area contributed by atoms with Gasteiger partial charge in [0.1, 0.15) is 0 Å². The van der Waals surface area contributed by atoms with E-state index in [1.54, 1.807) is 0 Å². The van der Waals surface area contributed by atoms with Gasteiger partial charge in [0.2, 0.25) is 0 Å². The Balaban J connectivity index is 3.78. The van der Waals surface area contributed by atoms with E-state index in [0.717, 1.165) is 23.4 Å². The third-order valence-corrected chi connectivity index (χ3v) is 1.76. The minimum absolute atomic E-state index is 0.921. The van der Waals surface area contributed by atoms with Crippen molar-refractivity contribution in [1.29, 1.82) is 0 Å². The second-order valence-electron chi connectivity index (χ2n) is 1.95. The van der Waals surface area contributed by atoms with Gasteiger partial charge in [-0.1, -0.05) is 25.3 Å². The molecule has 0 saturated carbocycles. The Labute approximate surface area is 60.8 Å². The topological polar surface area (TPSA) is 52.0 Å². The van der Waals surface area contributed by atoms with Crippen LogP contribution in [0.25, 0.3) is 0 Å². The third kappa shape index (κ3) is 3.43. The van der Waals surface area contributed by atoms with Crippen LogP contribution in [-0.4, -0.2) is 0 Å². The van der Waals surface area contributed by atoms with E-state index in [2.05, 4.69) is 6.92 Å². The fraction of sp³-hybridized carbons (Fsp3) is 0.667. The molecule has 0 aromatic rings. The van der Waals surface area contributed by atoms with Gasteiger partial charge in [-0.05, 0) is 13.3 Å². The summed E-state index contributed by atoms with van der Waals surface area (Å²) >= 11 is 1.23. The van der Waals surface area contributed by atoms with Crippen molar-refractivity contribution < 1.29 is 0 Å². The van der Waals surface area contributed by atoms with Gasteiger partial charge in [-0.15, -0.1) is 0 Å². The average Bonchev–Trinajstić information content (AvgIpc) is 1.87. The molecular formula is C6H14N2S. The predicted molar refractivity (Wildman–Crippen MR) is 43.6 cm³/mol. The molecule has 2 nitrogen and oxygen atoms in total. The molecule has 0 aromatic carbocycles. The molecule has 0 unspecified atom stereocenters. The number of nitrogens with two attached hydrogens (primary N) is 2. The van der Waals surface area contributed by atoms with Crippen LogP contribution in [0, 0.1) is 0 Å². The van der Waals surface area contributed by atoms with Crippen molar-refractivity contribution in [2.75, 3.05) is 0 Å². The first-order valence-corrected chi connectivity index (χ1v) is 3.92. The Kier molecular flexibility index (Phi) is 4.62. The van der Waals surface area contributed by atoms with Gasteiger partial charge in [0.05, 0.1) is 0 Å². The smallest absolute Gasteiger partial charge is 0.0187 e. The molecule has 3 heteroatoms. The average molecular weight is 146 g/mol. The molecule has 9 heavy (non-hydrogen) atoms. The summed E-state index contributed by atoms with van der Waals surface area (Å²) in [5.41, 5.74) is 6.54. The molecular weight excluding hydrogens is 132 g/mol. The largest absolute Gasteiger partial charge is 0.401 e.